The van der Waals surface area contributed by atoms with E-state index in [1.54, 1.807) is 27.7 Å². The molecule has 0 amide bonds. The molecular formula is C8H20O4U. The van der Waals surface area contributed by atoms with Crippen molar-refractivity contribution in [1.29, 1.82) is 0 Å². The molecule has 0 rings (SSSR count). The molecule has 0 aromatic heterocycles. The predicted molar refractivity (Wildman–Crippen MR) is 42.2 cm³/mol. The van der Waals surface area contributed by atoms with Crippen LogP contribution in [-0.4, -0.2) is 26.4 Å². The Labute approximate surface area is 105 Å². The summed E-state index contributed by atoms with van der Waals surface area (Å²) >= 11 is 0. The van der Waals surface area contributed by atoms with Gasteiger partial charge in [0, 0.05) is 0 Å². The van der Waals surface area contributed by atoms with Crippen LogP contribution in [0.2, 0.25) is 0 Å². The summed E-state index contributed by atoms with van der Waals surface area (Å²) in [6, 6.07) is 0. The molecule has 0 spiro atoms. The van der Waals surface area contributed by atoms with E-state index in [2.05, 4.69) is 0 Å². The maximum Gasteiger partial charge on any atom is 4.00 e. The third-order valence-corrected chi connectivity index (χ3v) is 0. The van der Waals surface area contributed by atoms with E-state index in [9.17, 15) is 0 Å². The molecule has 0 heterocycles. The zero-order valence-electron chi connectivity index (χ0n) is 8.96. The first kappa shape index (κ1) is 29.2. The SMILES string of the molecule is CC[O-].CC[O-].CC[O-].CC[O-].[U+4]. The van der Waals surface area contributed by atoms with Gasteiger partial charge in [-0.15, -0.1) is 26.4 Å². The molecule has 0 aromatic carbocycles. The summed E-state index contributed by atoms with van der Waals surface area (Å²) in [6.45, 7) is 6.28. The van der Waals surface area contributed by atoms with Crippen molar-refractivity contribution in [3.8, 4) is 0 Å². The van der Waals surface area contributed by atoms with Gasteiger partial charge in [0.2, 0.25) is 0 Å². The van der Waals surface area contributed by atoms with Gasteiger partial charge in [-0.1, -0.05) is 27.7 Å². The molecule has 0 aliphatic rings. The molecule has 0 fully saturated rings. The molecule has 0 unspecified atom stereocenters. The van der Waals surface area contributed by atoms with Crippen molar-refractivity contribution >= 4 is 0 Å². The molecule has 0 aliphatic heterocycles. The van der Waals surface area contributed by atoms with Crippen LogP contribution in [0, 0.1) is 31.1 Å². The second kappa shape index (κ2) is 76.2. The van der Waals surface area contributed by atoms with Gasteiger partial charge in [-0.05, 0) is 0 Å². The van der Waals surface area contributed by atoms with Gasteiger partial charge in [0.1, 0.15) is 0 Å². The summed E-state index contributed by atoms with van der Waals surface area (Å²) in [6.07, 6.45) is 0. The Morgan fingerprint density at radius 3 is 0.538 bits per heavy atom. The summed E-state index contributed by atoms with van der Waals surface area (Å²) in [7, 11) is 0. The molecule has 13 heavy (non-hydrogen) atoms. The fraction of sp³-hybridized carbons (Fsp3) is 1.00. The summed E-state index contributed by atoms with van der Waals surface area (Å²) in [5.74, 6) is 0. The van der Waals surface area contributed by atoms with E-state index in [1.807, 2.05) is 0 Å². The summed E-state index contributed by atoms with van der Waals surface area (Å²) in [4.78, 5) is 0. The quantitative estimate of drug-likeness (QED) is 0.434. The van der Waals surface area contributed by atoms with E-state index in [0.717, 1.165) is 0 Å². The molecule has 5 heteroatoms. The van der Waals surface area contributed by atoms with Crippen molar-refractivity contribution in [3.05, 3.63) is 0 Å². The van der Waals surface area contributed by atoms with Crippen molar-refractivity contribution in [1.82, 2.24) is 0 Å². The maximum atomic E-state index is 8.93. The van der Waals surface area contributed by atoms with Gasteiger partial charge >= 0.3 is 31.1 Å². The molecule has 0 aromatic rings. The standard InChI is InChI=1S/4C2H5O.U/c4*1-2-3;/h4*2H2,1H3;/q4*-1;+4. The van der Waals surface area contributed by atoms with E-state index < -0.39 is 0 Å². The molecule has 0 saturated heterocycles. The van der Waals surface area contributed by atoms with Gasteiger partial charge < -0.3 is 20.4 Å². The smallest absolute Gasteiger partial charge is 0.855 e. The molecule has 0 radical (unpaired) electrons. The van der Waals surface area contributed by atoms with Crippen LogP contribution in [-0.2, 0) is 0 Å². The summed E-state index contributed by atoms with van der Waals surface area (Å²) in [5.41, 5.74) is 0. The summed E-state index contributed by atoms with van der Waals surface area (Å²) < 4.78 is 0. The molecule has 0 aliphatic carbocycles. The van der Waals surface area contributed by atoms with E-state index in [0.29, 0.717) is 0 Å². The number of rotatable bonds is 0. The zero-order valence-corrected chi connectivity index (χ0v) is 13.1. The molecule has 4 nitrogen and oxygen atoms in total. The minimum absolute atomic E-state index is 0. The zero-order chi connectivity index (χ0) is 10.8. The third-order valence-electron chi connectivity index (χ3n) is 0. The molecule has 80 valence electrons. The van der Waals surface area contributed by atoms with Crippen LogP contribution in [0.1, 0.15) is 27.7 Å². The van der Waals surface area contributed by atoms with Crippen molar-refractivity contribution in [3.63, 3.8) is 0 Å². The van der Waals surface area contributed by atoms with Crippen molar-refractivity contribution in [2.45, 2.75) is 27.7 Å². The fourth-order valence-corrected chi connectivity index (χ4v) is 0. The fourth-order valence-electron chi connectivity index (χ4n) is 0. The van der Waals surface area contributed by atoms with Crippen LogP contribution in [0.3, 0.4) is 0 Å². The average Bonchev–Trinajstić information content (AvgIpc) is 1.92. The molecule has 0 saturated carbocycles. The van der Waals surface area contributed by atoms with Crippen LogP contribution in [0.4, 0.5) is 0 Å². The van der Waals surface area contributed by atoms with Gasteiger partial charge in [0.05, 0.1) is 0 Å². The van der Waals surface area contributed by atoms with Crippen LogP contribution >= 0.6 is 0 Å². The Balaban J connectivity index is -0.0000000213. The Hall–Kier alpha value is 0.892. The first-order valence-electron chi connectivity index (χ1n) is 3.98. The first-order valence-corrected chi connectivity index (χ1v) is 3.98. The van der Waals surface area contributed by atoms with Gasteiger partial charge in [-0.3, -0.25) is 0 Å². The topological polar surface area (TPSA) is 92.2 Å². The normalized spacial score (nSPS) is 5.54. The van der Waals surface area contributed by atoms with Crippen LogP contribution < -0.4 is 20.4 Å². The van der Waals surface area contributed by atoms with Crippen molar-refractivity contribution < 1.29 is 51.5 Å². The largest absolute Gasteiger partial charge is 4.00 e. The van der Waals surface area contributed by atoms with E-state index in [4.69, 9.17) is 20.4 Å². The Kier molecular flexibility index (Phi) is 171. The minimum atomic E-state index is 0. The first-order chi connectivity index (χ1) is 5.66. The van der Waals surface area contributed by atoms with E-state index >= 15 is 0 Å². The Morgan fingerprint density at radius 1 is 0.538 bits per heavy atom. The van der Waals surface area contributed by atoms with Crippen LogP contribution in [0.15, 0.2) is 0 Å². The van der Waals surface area contributed by atoms with Gasteiger partial charge in [0.25, 0.3) is 0 Å². The maximum absolute atomic E-state index is 8.93. The third kappa shape index (κ3) is 1920. The Morgan fingerprint density at radius 2 is 0.538 bits per heavy atom. The van der Waals surface area contributed by atoms with E-state index in [1.165, 1.54) is 0 Å². The molecular weight excluding hydrogens is 398 g/mol. The second-order valence-corrected chi connectivity index (χ2v) is 1.15. The molecule has 0 bridgehead atoms. The van der Waals surface area contributed by atoms with E-state index in [-0.39, 0.29) is 57.5 Å². The van der Waals surface area contributed by atoms with Crippen LogP contribution in [0.25, 0.3) is 0 Å². The monoisotopic (exact) mass is 418 g/mol. The summed E-state index contributed by atoms with van der Waals surface area (Å²) in [5, 5.41) is 35.7. The van der Waals surface area contributed by atoms with Gasteiger partial charge in [-0.25, -0.2) is 0 Å². The number of hydrogen-bond acceptors (Lipinski definition) is 4. The average molecular weight is 418 g/mol. The van der Waals surface area contributed by atoms with Gasteiger partial charge in [-0.2, -0.15) is 0 Å². The number of hydrogen-bond donors (Lipinski definition) is 0. The molecule has 0 atom stereocenters. The predicted octanol–water partition coefficient (Wildman–Crippen LogP) is -2.53. The van der Waals surface area contributed by atoms with Crippen LogP contribution in [0.5, 0.6) is 0 Å². The Bertz CT molecular complexity index is 24.1. The minimum Gasteiger partial charge on any atom is -0.855 e. The van der Waals surface area contributed by atoms with Crippen molar-refractivity contribution in [2.75, 3.05) is 26.4 Å². The second-order valence-electron chi connectivity index (χ2n) is 1.15. The van der Waals surface area contributed by atoms with Crippen molar-refractivity contribution in [2.24, 2.45) is 0 Å². The molecule has 0 N–H and O–H groups in total. The van der Waals surface area contributed by atoms with Gasteiger partial charge in [0.15, 0.2) is 0 Å².